The second kappa shape index (κ2) is 15.8. The minimum Gasteiger partial charge on any atom is -0.504 e. The molecular weight excluding hydrogens is 414 g/mol. The average molecular weight is 462 g/mol. The fourth-order valence-electron chi connectivity index (χ4n) is 4.19. The van der Waals surface area contributed by atoms with Crippen molar-refractivity contribution in [1.82, 2.24) is 5.32 Å². The summed E-state index contributed by atoms with van der Waals surface area (Å²) >= 11 is 0. The minimum absolute atomic E-state index is 0.0289. The fraction of sp³-hybridized carbons (Fsp3) is 0.679. The van der Waals surface area contributed by atoms with Crippen LogP contribution < -0.4 is 10.1 Å². The number of phenolic OH excluding ortho intramolecular Hbond substituents is 1. The van der Waals surface area contributed by atoms with E-state index in [1.165, 1.54) is 20.0 Å². The van der Waals surface area contributed by atoms with Gasteiger partial charge >= 0.3 is 0 Å². The molecule has 3 atom stereocenters. The van der Waals surface area contributed by atoms with Crippen molar-refractivity contribution in [2.24, 2.45) is 23.7 Å². The van der Waals surface area contributed by atoms with Gasteiger partial charge < -0.3 is 20.3 Å². The molecule has 3 unspecified atom stereocenters. The van der Waals surface area contributed by atoms with Gasteiger partial charge in [0.1, 0.15) is 0 Å². The Morgan fingerprint density at radius 2 is 1.94 bits per heavy atom. The van der Waals surface area contributed by atoms with E-state index in [2.05, 4.69) is 52.1 Å². The van der Waals surface area contributed by atoms with Crippen LogP contribution in [-0.4, -0.2) is 29.3 Å². The molecule has 0 heterocycles. The molecule has 0 spiro atoms. The van der Waals surface area contributed by atoms with Crippen LogP contribution in [0.3, 0.4) is 0 Å². The summed E-state index contributed by atoms with van der Waals surface area (Å²) < 4.78 is 5.04. The zero-order valence-electron chi connectivity index (χ0n) is 21.6. The number of carbonyl (C=O) groups excluding carboxylic acids is 1. The summed E-state index contributed by atoms with van der Waals surface area (Å²) in [5.74, 6) is 3.12. The van der Waals surface area contributed by atoms with Crippen LogP contribution in [0.5, 0.6) is 11.5 Å². The number of nitrogens with one attached hydrogen (secondary N) is 1. The van der Waals surface area contributed by atoms with Crippen LogP contribution in [-0.2, 0) is 11.3 Å². The van der Waals surface area contributed by atoms with E-state index in [0.29, 0.717) is 36.5 Å². The van der Waals surface area contributed by atoms with Crippen molar-refractivity contribution in [3.63, 3.8) is 0 Å². The quantitative estimate of drug-likeness (QED) is 0.285. The lowest BCUT2D eigenvalue weighted by atomic mass is 9.75. The monoisotopic (exact) mass is 461 g/mol. The molecule has 0 saturated heterocycles. The van der Waals surface area contributed by atoms with E-state index in [9.17, 15) is 15.0 Å². The van der Waals surface area contributed by atoms with Crippen LogP contribution in [0.15, 0.2) is 30.4 Å². The molecule has 1 fully saturated rings. The predicted octanol–water partition coefficient (Wildman–Crippen LogP) is 6.23. The molecule has 2 rings (SSSR count). The third-order valence-corrected chi connectivity index (χ3v) is 6.27. The molecule has 1 aromatic carbocycles. The molecule has 0 radical (unpaired) electrons. The van der Waals surface area contributed by atoms with E-state index in [4.69, 9.17) is 4.74 Å². The summed E-state index contributed by atoms with van der Waals surface area (Å²) in [7, 11) is 1.51. The first-order valence-electron chi connectivity index (χ1n) is 12.6. The number of phenols is 1. The van der Waals surface area contributed by atoms with E-state index in [1.54, 1.807) is 18.2 Å². The van der Waals surface area contributed by atoms with Gasteiger partial charge in [0, 0.05) is 13.0 Å². The number of rotatable bonds is 10. The highest BCUT2D eigenvalue weighted by Crippen LogP contribution is 2.33. The van der Waals surface area contributed by atoms with Gasteiger partial charge in [0.25, 0.3) is 0 Å². The molecule has 1 amide bonds. The fourth-order valence-corrected chi connectivity index (χ4v) is 4.19. The summed E-state index contributed by atoms with van der Waals surface area (Å²) in [6.45, 7) is 11.4. The highest BCUT2D eigenvalue weighted by Gasteiger charge is 2.28. The number of aliphatic hydroxyl groups is 1. The molecular formula is C28H47NO4. The number of benzene rings is 1. The number of ether oxygens (including phenoxy) is 1. The van der Waals surface area contributed by atoms with Gasteiger partial charge in [-0.15, -0.1) is 0 Å². The van der Waals surface area contributed by atoms with Gasteiger partial charge in [-0.05, 0) is 73.5 Å². The second-order valence-corrected chi connectivity index (χ2v) is 10.1. The van der Waals surface area contributed by atoms with Gasteiger partial charge in [0.2, 0.25) is 5.91 Å². The maximum Gasteiger partial charge on any atom is 0.220 e. The molecule has 3 N–H and O–H groups in total. The Balaban J connectivity index is 0.000000412. The molecule has 1 aliphatic carbocycles. The Morgan fingerprint density at radius 3 is 2.55 bits per heavy atom. The highest BCUT2D eigenvalue weighted by molar-refractivity contribution is 5.75. The van der Waals surface area contributed by atoms with Crippen LogP contribution in [0.1, 0.15) is 85.1 Å². The molecule has 1 saturated carbocycles. The van der Waals surface area contributed by atoms with Crippen LogP contribution in [0, 0.1) is 23.7 Å². The minimum atomic E-state index is -0.0289. The maximum atomic E-state index is 11.8. The largest absolute Gasteiger partial charge is 0.504 e. The van der Waals surface area contributed by atoms with E-state index < -0.39 is 0 Å². The number of hydrogen-bond donors (Lipinski definition) is 3. The van der Waals surface area contributed by atoms with Crippen molar-refractivity contribution in [1.29, 1.82) is 0 Å². The predicted molar refractivity (Wildman–Crippen MR) is 136 cm³/mol. The third-order valence-electron chi connectivity index (χ3n) is 6.27. The molecule has 0 bridgehead atoms. The smallest absolute Gasteiger partial charge is 0.220 e. The molecule has 5 nitrogen and oxygen atoms in total. The lowest BCUT2D eigenvalue weighted by molar-refractivity contribution is -0.121. The molecule has 1 aromatic rings. The normalized spacial score (nSPS) is 20.6. The van der Waals surface area contributed by atoms with Gasteiger partial charge in [-0.25, -0.2) is 0 Å². The molecule has 5 heteroatoms. The topological polar surface area (TPSA) is 78.8 Å². The van der Waals surface area contributed by atoms with E-state index >= 15 is 0 Å². The first-order chi connectivity index (χ1) is 15.6. The van der Waals surface area contributed by atoms with Crippen LogP contribution in [0.2, 0.25) is 0 Å². The number of allylic oxidation sites excluding steroid dienone is 2. The Labute approximate surface area is 201 Å². The number of aliphatic hydroxyl groups excluding tert-OH is 1. The van der Waals surface area contributed by atoms with Crippen molar-refractivity contribution in [3.05, 3.63) is 35.9 Å². The van der Waals surface area contributed by atoms with Gasteiger partial charge in [-0.2, -0.15) is 0 Å². The number of carbonyl (C=O) groups is 1. The van der Waals surface area contributed by atoms with Gasteiger partial charge in [0.05, 0.1) is 13.2 Å². The van der Waals surface area contributed by atoms with Gasteiger partial charge in [-0.3, -0.25) is 4.79 Å². The van der Waals surface area contributed by atoms with Crippen molar-refractivity contribution in [3.8, 4) is 11.5 Å². The zero-order valence-corrected chi connectivity index (χ0v) is 21.6. The Hall–Kier alpha value is -2.01. The molecule has 188 valence electrons. The van der Waals surface area contributed by atoms with E-state index in [-0.39, 0.29) is 17.8 Å². The van der Waals surface area contributed by atoms with Crippen LogP contribution >= 0.6 is 0 Å². The van der Waals surface area contributed by atoms with Crippen molar-refractivity contribution in [2.45, 2.75) is 92.2 Å². The molecule has 33 heavy (non-hydrogen) atoms. The average Bonchev–Trinajstić information content (AvgIpc) is 2.75. The van der Waals surface area contributed by atoms with E-state index in [1.807, 2.05) is 0 Å². The standard InChI is InChI=1S/C18H27NO3.C10H20O/c1-14(2)8-6-4-5-7-9-18(21)19-13-15-10-11-16(20)17(12-15)22-3;1-7(2)9-5-4-8(3)6-10(9)11/h6,8,10-12,14,20H,4-5,7,9,13H2,1-3H3,(H,19,21);7-11H,4-6H2,1-3H3/b8-6+;. The summed E-state index contributed by atoms with van der Waals surface area (Å²) in [5.41, 5.74) is 0.905. The van der Waals surface area contributed by atoms with Gasteiger partial charge in [-0.1, -0.05) is 59.3 Å². The Bertz CT molecular complexity index is 714. The lowest BCUT2D eigenvalue weighted by Gasteiger charge is -2.33. The second-order valence-electron chi connectivity index (χ2n) is 10.1. The SMILES string of the molecule is CC1CCC(C(C)C)C(O)C1.COc1cc(CNC(=O)CCCC/C=C/C(C)C)ccc1O. The van der Waals surface area contributed by atoms with Gasteiger partial charge in [0.15, 0.2) is 11.5 Å². The first kappa shape index (κ1) is 29.0. The van der Waals surface area contributed by atoms with Crippen molar-refractivity contribution >= 4 is 5.91 Å². The number of methoxy groups -OCH3 is 1. The third kappa shape index (κ3) is 12.1. The highest BCUT2D eigenvalue weighted by atomic mass is 16.5. The van der Waals surface area contributed by atoms with Crippen molar-refractivity contribution in [2.75, 3.05) is 7.11 Å². The summed E-state index contributed by atoms with van der Waals surface area (Å²) in [5, 5.41) is 22.1. The summed E-state index contributed by atoms with van der Waals surface area (Å²) in [6.07, 6.45) is 11.4. The summed E-state index contributed by atoms with van der Waals surface area (Å²) in [6, 6.07) is 5.07. The molecule has 0 aromatic heterocycles. The number of aromatic hydroxyl groups is 1. The lowest BCUT2D eigenvalue weighted by Crippen LogP contribution is -2.31. The Morgan fingerprint density at radius 1 is 1.21 bits per heavy atom. The Kier molecular flexibility index (Phi) is 13.9. The molecule has 0 aliphatic heterocycles. The number of unbranched alkanes of at least 4 members (excludes halogenated alkanes) is 2. The first-order valence-corrected chi connectivity index (χ1v) is 12.6. The van der Waals surface area contributed by atoms with Crippen LogP contribution in [0.25, 0.3) is 0 Å². The number of hydrogen-bond acceptors (Lipinski definition) is 4. The summed E-state index contributed by atoms with van der Waals surface area (Å²) in [4.78, 5) is 11.8. The molecule has 1 aliphatic rings. The van der Waals surface area contributed by atoms with Crippen molar-refractivity contribution < 1.29 is 19.7 Å². The van der Waals surface area contributed by atoms with E-state index in [0.717, 1.165) is 37.2 Å². The zero-order chi connectivity index (χ0) is 24.8. The maximum absolute atomic E-state index is 11.8. The number of amides is 1. The van der Waals surface area contributed by atoms with Crippen LogP contribution in [0.4, 0.5) is 0 Å².